The minimum Gasteiger partial charge on any atom is -0.511 e. The Labute approximate surface area is 193 Å². The van der Waals surface area contributed by atoms with Crippen LogP contribution in [0.2, 0.25) is 5.02 Å². The van der Waals surface area contributed by atoms with E-state index in [0.29, 0.717) is 22.8 Å². The highest BCUT2D eigenvalue weighted by Crippen LogP contribution is 2.23. The Morgan fingerprint density at radius 3 is 2.47 bits per heavy atom. The fourth-order valence-electron chi connectivity index (χ4n) is 3.23. The van der Waals surface area contributed by atoms with Crippen molar-refractivity contribution in [2.45, 2.75) is 40.0 Å². The number of amides is 2. The Balaban J connectivity index is 0.00000176. The second-order valence-electron chi connectivity index (χ2n) is 6.98. The average molecular weight is 458 g/mol. The first-order chi connectivity index (χ1) is 15.4. The minimum absolute atomic E-state index is 0.00112. The second kappa shape index (κ2) is 12.1. The first-order valence-corrected chi connectivity index (χ1v) is 11.0. The lowest BCUT2D eigenvalue weighted by Gasteiger charge is -2.26. The Hall–Kier alpha value is -3.12. The standard InChI is InChI=1S/C23H22ClNO5.C2H6/c1-15-14-17(24)9-10-20(15)30-13-5-8-18(26)21-19(27)11-12-25(23(21)29)22(28)16-6-3-2-4-7-16;1-2/h2-4,6-7,9-10,14,26H,5,8,11-13H2,1H3;1-2H3/b21-18-;. The second-order valence-corrected chi connectivity index (χ2v) is 7.42. The molecule has 2 amide bonds. The van der Waals surface area contributed by atoms with Crippen LogP contribution in [0.5, 0.6) is 5.75 Å². The van der Waals surface area contributed by atoms with Crippen LogP contribution in [-0.2, 0) is 9.59 Å². The maximum Gasteiger partial charge on any atom is 0.267 e. The fraction of sp³-hybridized carbons (Fsp3) is 0.320. The van der Waals surface area contributed by atoms with Crippen molar-refractivity contribution in [2.24, 2.45) is 0 Å². The van der Waals surface area contributed by atoms with E-state index in [1.54, 1.807) is 48.5 Å². The van der Waals surface area contributed by atoms with Gasteiger partial charge >= 0.3 is 0 Å². The molecule has 6 nitrogen and oxygen atoms in total. The van der Waals surface area contributed by atoms with Gasteiger partial charge in [0.2, 0.25) is 0 Å². The number of piperidine rings is 1. The third-order valence-electron chi connectivity index (χ3n) is 4.81. The van der Waals surface area contributed by atoms with Gasteiger partial charge in [-0.1, -0.05) is 43.6 Å². The number of carbonyl (C=O) groups excluding carboxylic acids is 3. The molecule has 3 rings (SSSR count). The summed E-state index contributed by atoms with van der Waals surface area (Å²) in [4.78, 5) is 38.6. The summed E-state index contributed by atoms with van der Waals surface area (Å²) < 4.78 is 5.67. The highest BCUT2D eigenvalue weighted by Gasteiger charge is 2.36. The number of ketones is 1. The van der Waals surface area contributed by atoms with E-state index >= 15 is 0 Å². The Morgan fingerprint density at radius 1 is 1.12 bits per heavy atom. The molecule has 170 valence electrons. The predicted molar refractivity (Wildman–Crippen MR) is 124 cm³/mol. The lowest BCUT2D eigenvalue weighted by atomic mass is 9.98. The van der Waals surface area contributed by atoms with E-state index < -0.39 is 17.6 Å². The van der Waals surface area contributed by atoms with Gasteiger partial charge in [0.05, 0.1) is 6.61 Å². The number of likely N-dealkylation sites (tertiary alicyclic amines) is 1. The quantitative estimate of drug-likeness (QED) is 0.209. The topological polar surface area (TPSA) is 83.9 Å². The van der Waals surface area contributed by atoms with Crippen LogP contribution in [0, 0.1) is 6.92 Å². The molecule has 1 N–H and O–H groups in total. The van der Waals surface area contributed by atoms with E-state index in [2.05, 4.69) is 0 Å². The van der Waals surface area contributed by atoms with E-state index in [-0.39, 0.29) is 37.3 Å². The number of allylic oxidation sites excluding steroid dienone is 1. The zero-order valence-electron chi connectivity index (χ0n) is 18.6. The molecule has 0 atom stereocenters. The normalized spacial score (nSPS) is 15.1. The van der Waals surface area contributed by atoms with Crippen molar-refractivity contribution in [1.82, 2.24) is 4.90 Å². The van der Waals surface area contributed by atoms with Crippen LogP contribution >= 0.6 is 11.6 Å². The van der Waals surface area contributed by atoms with Crippen molar-refractivity contribution in [3.8, 4) is 5.75 Å². The van der Waals surface area contributed by atoms with Crippen LogP contribution in [-0.4, -0.2) is 40.8 Å². The summed E-state index contributed by atoms with van der Waals surface area (Å²) in [5, 5.41) is 11.0. The van der Waals surface area contributed by atoms with Gasteiger partial charge in [0.25, 0.3) is 11.8 Å². The molecule has 1 saturated heterocycles. The summed E-state index contributed by atoms with van der Waals surface area (Å²) in [6, 6.07) is 13.6. The Bertz CT molecular complexity index is 1000. The number of aryl methyl sites for hydroxylation is 1. The number of nitrogens with zero attached hydrogens (tertiary/aromatic N) is 1. The van der Waals surface area contributed by atoms with Crippen molar-refractivity contribution in [3.63, 3.8) is 0 Å². The van der Waals surface area contributed by atoms with E-state index in [1.165, 1.54) is 0 Å². The van der Waals surface area contributed by atoms with E-state index in [1.807, 2.05) is 20.8 Å². The first-order valence-electron chi connectivity index (χ1n) is 10.6. The van der Waals surface area contributed by atoms with Crippen LogP contribution in [0.1, 0.15) is 49.0 Å². The smallest absolute Gasteiger partial charge is 0.267 e. The first kappa shape index (κ1) is 25.1. The van der Waals surface area contributed by atoms with Gasteiger partial charge in [-0.05, 0) is 49.2 Å². The SMILES string of the molecule is CC.Cc1cc(Cl)ccc1OCCC/C(O)=C1\C(=O)CCN(C(=O)c2ccccc2)C1=O. The van der Waals surface area contributed by atoms with Crippen molar-refractivity contribution in [1.29, 1.82) is 0 Å². The number of aliphatic hydroxyl groups is 1. The number of ether oxygens (including phenoxy) is 1. The molecule has 2 aromatic rings. The summed E-state index contributed by atoms with van der Waals surface area (Å²) in [6.45, 7) is 6.16. The lowest BCUT2D eigenvalue weighted by Crippen LogP contribution is -2.45. The van der Waals surface area contributed by atoms with E-state index in [9.17, 15) is 19.5 Å². The molecule has 0 spiro atoms. The number of imide groups is 1. The number of aliphatic hydroxyl groups excluding tert-OH is 1. The zero-order valence-corrected chi connectivity index (χ0v) is 19.3. The molecule has 1 heterocycles. The minimum atomic E-state index is -0.757. The van der Waals surface area contributed by atoms with Gasteiger partial charge < -0.3 is 9.84 Å². The number of carbonyl (C=O) groups is 3. The monoisotopic (exact) mass is 457 g/mol. The van der Waals surface area contributed by atoms with Crippen LogP contribution in [0.3, 0.4) is 0 Å². The summed E-state index contributed by atoms with van der Waals surface area (Å²) in [5.74, 6) is -1.33. The summed E-state index contributed by atoms with van der Waals surface area (Å²) in [6.07, 6.45) is 0.474. The van der Waals surface area contributed by atoms with Crippen molar-refractivity contribution in [3.05, 3.63) is 76.0 Å². The number of hydrogen-bond acceptors (Lipinski definition) is 5. The van der Waals surface area contributed by atoms with Gasteiger partial charge in [0.1, 0.15) is 17.1 Å². The van der Waals surface area contributed by atoms with E-state index in [0.717, 1.165) is 10.5 Å². The molecule has 32 heavy (non-hydrogen) atoms. The average Bonchev–Trinajstić information content (AvgIpc) is 2.79. The van der Waals surface area contributed by atoms with Crippen molar-refractivity contribution in [2.75, 3.05) is 13.2 Å². The molecular weight excluding hydrogens is 430 g/mol. The number of benzene rings is 2. The van der Waals surface area contributed by atoms with E-state index in [4.69, 9.17) is 16.3 Å². The third-order valence-corrected chi connectivity index (χ3v) is 5.04. The molecule has 1 aliphatic rings. The highest BCUT2D eigenvalue weighted by molar-refractivity contribution is 6.30. The molecule has 0 aliphatic carbocycles. The molecule has 0 saturated carbocycles. The maximum atomic E-state index is 12.7. The molecule has 1 aliphatic heterocycles. The number of rotatable bonds is 6. The van der Waals surface area contributed by atoms with Crippen LogP contribution < -0.4 is 4.74 Å². The number of halogens is 1. The maximum absolute atomic E-state index is 12.7. The molecular formula is C25H28ClNO5. The molecule has 0 unspecified atom stereocenters. The van der Waals surface area contributed by atoms with Gasteiger partial charge in [-0.25, -0.2) is 0 Å². The van der Waals surface area contributed by atoms with Gasteiger partial charge in [0.15, 0.2) is 5.78 Å². The summed E-state index contributed by atoms with van der Waals surface area (Å²) in [7, 11) is 0. The predicted octanol–water partition coefficient (Wildman–Crippen LogP) is 5.29. The van der Waals surface area contributed by atoms with Crippen LogP contribution in [0.4, 0.5) is 0 Å². The molecule has 0 bridgehead atoms. The molecule has 2 aromatic carbocycles. The largest absolute Gasteiger partial charge is 0.511 e. The van der Waals surface area contributed by atoms with Gasteiger partial charge in [-0.3, -0.25) is 19.3 Å². The molecule has 7 heteroatoms. The zero-order chi connectivity index (χ0) is 23.7. The lowest BCUT2D eigenvalue weighted by molar-refractivity contribution is -0.131. The van der Waals surface area contributed by atoms with Gasteiger partial charge in [0, 0.05) is 30.0 Å². The van der Waals surface area contributed by atoms with Crippen molar-refractivity contribution >= 4 is 29.2 Å². The summed E-state index contributed by atoms with van der Waals surface area (Å²) in [5.41, 5.74) is 0.928. The molecule has 0 radical (unpaired) electrons. The van der Waals surface area contributed by atoms with Gasteiger partial charge in [-0.2, -0.15) is 0 Å². The molecule has 1 fully saturated rings. The Morgan fingerprint density at radius 2 is 1.81 bits per heavy atom. The van der Waals surface area contributed by atoms with Crippen LogP contribution in [0.25, 0.3) is 0 Å². The number of Topliss-reactive ketones (excluding diaryl/α,β-unsaturated/α-hetero) is 1. The molecule has 0 aromatic heterocycles. The van der Waals surface area contributed by atoms with Gasteiger partial charge in [-0.15, -0.1) is 0 Å². The van der Waals surface area contributed by atoms with Crippen molar-refractivity contribution < 1.29 is 24.2 Å². The Kier molecular flexibility index (Phi) is 9.47. The van der Waals surface area contributed by atoms with Crippen LogP contribution in [0.15, 0.2) is 59.9 Å². The fourth-order valence-corrected chi connectivity index (χ4v) is 3.46. The number of hydrogen-bond donors (Lipinski definition) is 1. The highest BCUT2D eigenvalue weighted by atomic mass is 35.5. The summed E-state index contributed by atoms with van der Waals surface area (Å²) >= 11 is 5.92. The third kappa shape index (κ3) is 6.20.